The van der Waals surface area contributed by atoms with Gasteiger partial charge in [0.25, 0.3) is 0 Å². The number of aromatic nitrogens is 1. The van der Waals surface area contributed by atoms with E-state index in [2.05, 4.69) is 10.3 Å². The second-order valence-corrected chi connectivity index (χ2v) is 6.98. The number of hydrogen-bond acceptors (Lipinski definition) is 6. The number of nitrogens with one attached hydrogen (secondary N) is 1. The molecule has 1 aromatic heterocycles. The highest BCUT2D eigenvalue weighted by atomic mass is 32.2. The summed E-state index contributed by atoms with van der Waals surface area (Å²) in [5.74, 6) is 0.503. The van der Waals surface area contributed by atoms with Crippen molar-refractivity contribution >= 4 is 33.2 Å². The minimum absolute atomic E-state index is 0.0304. The lowest BCUT2D eigenvalue weighted by molar-refractivity contribution is -0.117. The van der Waals surface area contributed by atoms with E-state index in [0.717, 1.165) is 12.0 Å². The Bertz CT molecular complexity index is 529. The molecule has 106 valence electrons. The predicted molar refractivity (Wildman–Crippen MR) is 77.0 cm³/mol. The molecule has 1 rings (SSSR count). The Morgan fingerprint density at radius 3 is 2.68 bits per heavy atom. The van der Waals surface area contributed by atoms with Crippen molar-refractivity contribution in [2.75, 3.05) is 23.6 Å². The van der Waals surface area contributed by atoms with Crippen molar-refractivity contribution < 1.29 is 13.2 Å². The molecule has 0 unspecified atom stereocenters. The summed E-state index contributed by atoms with van der Waals surface area (Å²) in [5.41, 5.74) is 6.14. The van der Waals surface area contributed by atoms with E-state index < -0.39 is 15.9 Å². The molecule has 1 heterocycles. The van der Waals surface area contributed by atoms with E-state index in [9.17, 15) is 13.2 Å². The molecule has 0 saturated heterocycles. The molecule has 0 aliphatic rings. The van der Waals surface area contributed by atoms with Gasteiger partial charge < -0.3 is 11.1 Å². The Hall–Kier alpha value is -1.12. The molecule has 0 bridgehead atoms. The summed E-state index contributed by atoms with van der Waals surface area (Å²) in [5, 5.41) is 2.57. The fourth-order valence-electron chi connectivity index (χ4n) is 1.28. The Morgan fingerprint density at radius 1 is 1.53 bits per heavy atom. The van der Waals surface area contributed by atoms with Gasteiger partial charge in [0.2, 0.25) is 5.91 Å². The summed E-state index contributed by atoms with van der Waals surface area (Å²) >= 11 is 1.62. The van der Waals surface area contributed by atoms with Gasteiger partial charge in [-0.05, 0) is 30.6 Å². The van der Waals surface area contributed by atoms with E-state index in [1.165, 1.54) is 18.3 Å². The van der Waals surface area contributed by atoms with Crippen molar-refractivity contribution in [2.24, 2.45) is 5.73 Å². The molecule has 0 radical (unpaired) electrons. The number of anilines is 1. The van der Waals surface area contributed by atoms with E-state index in [-0.39, 0.29) is 10.9 Å². The van der Waals surface area contributed by atoms with Gasteiger partial charge in [-0.25, -0.2) is 13.4 Å². The first-order valence-electron chi connectivity index (χ1n) is 5.56. The van der Waals surface area contributed by atoms with E-state index in [1.807, 2.05) is 6.26 Å². The largest absolute Gasteiger partial charge is 0.323 e. The van der Waals surface area contributed by atoms with E-state index >= 15 is 0 Å². The van der Waals surface area contributed by atoms with Crippen molar-refractivity contribution in [3.63, 3.8) is 0 Å². The minimum Gasteiger partial charge on any atom is -0.323 e. The fourth-order valence-corrected chi connectivity index (χ4v) is 2.33. The zero-order valence-corrected chi connectivity index (χ0v) is 12.4. The van der Waals surface area contributed by atoms with Crippen LogP contribution in [0.1, 0.15) is 6.42 Å². The summed E-state index contributed by atoms with van der Waals surface area (Å²) in [4.78, 5) is 15.5. The number of rotatable bonds is 6. The third-order valence-corrected chi connectivity index (χ3v) is 4.00. The summed E-state index contributed by atoms with van der Waals surface area (Å²) in [6.07, 6.45) is 4.90. The van der Waals surface area contributed by atoms with Gasteiger partial charge in [-0.3, -0.25) is 4.79 Å². The highest BCUT2D eigenvalue weighted by Crippen LogP contribution is 2.11. The zero-order valence-electron chi connectivity index (χ0n) is 10.8. The first kappa shape index (κ1) is 15.9. The lowest BCUT2D eigenvalue weighted by atomic mass is 10.2. The molecule has 0 fully saturated rings. The Balaban J connectivity index is 2.65. The Kier molecular flexibility index (Phi) is 5.77. The molecule has 6 nitrogen and oxygen atoms in total. The van der Waals surface area contributed by atoms with E-state index in [1.54, 1.807) is 11.8 Å². The lowest BCUT2D eigenvalue weighted by Gasteiger charge is -2.11. The second-order valence-electron chi connectivity index (χ2n) is 4.03. The number of carbonyl (C=O) groups is 1. The molecule has 0 aliphatic heterocycles. The molecule has 1 amide bonds. The maximum absolute atomic E-state index is 11.7. The predicted octanol–water partition coefficient (Wildman–Crippen LogP) is 0.504. The van der Waals surface area contributed by atoms with Crippen molar-refractivity contribution in [3.8, 4) is 0 Å². The van der Waals surface area contributed by atoms with Crippen molar-refractivity contribution in [1.82, 2.24) is 4.98 Å². The average molecular weight is 303 g/mol. The van der Waals surface area contributed by atoms with Gasteiger partial charge in [0, 0.05) is 6.26 Å². The number of nitrogens with zero attached hydrogens (tertiary/aromatic N) is 1. The smallest absolute Gasteiger partial charge is 0.241 e. The first-order chi connectivity index (χ1) is 8.84. The molecule has 1 aromatic rings. The van der Waals surface area contributed by atoms with Gasteiger partial charge >= 0.3 is 0 Å². The van der Waals surface area contributed by atoms with Crippen LogP contribution in [0.4, 0.5) is 5.69 Å². The molecule has 8 heteroatoms. The molecule has 0 aliphatic carbocycles. The molecule has 3 N–H and O–H groups in total. The van der Waals surface area contributed by atoms with Gasteiger partial charge in [0.1, 0.15) is 0 Å². The van der Waals surface area contributed by atoms with Crippen LogP contribution < -0.4 is 11.1 Å². The zero-order chi connectivity index (χ0) is 14.5. The Morgan fingerprint density at radius 2 is 2.21 bits per heavy atom. The van der Waals surface area contributed by atoms with Crippen molar-refractivity contribution in [1.29, 1.82) is 0 Å². The van der Waals surface area contributed by atoms with Crippen molar-refractivity contribution in [3.05, 3.63) is 18.3 Å². The fraction of sp³-hybridized carbons (Fsp3) is 0.455. The SMILES string of the molecule is CSCC[C@H](N)C(=O)Nc1ccc(S(C)(=O)=O)nc1. The van der Waals surface area contributed by atoms with Crippen LogP contribution >= 0.6 is 11.8 Å². The number of hydrogen-bond donors (Lipinski definition) is 2. The minimum atomic E-state index is -3.33. The summed E-state index contributed by atoms with van der Waals surface area (Å²) in [6, 6.07) is 2.25. The van der Waals surface area contributed by atoms with Crippen molar-refractivity contribution in [2.45, 2.75) is 17.5 Å². The van der Waals surface area contributed by atoms with Crippen LogP contribution in [-0.2, 0) is 14.6 Å². The topological polar surface area (TPSA) is 102 Å². The quantitative estimate of drug-likeness (QED) is 0.793. The molecule has 0 saturated carbocycles. The van der Waals surface area contributed by atoms with Gasteiger partial charge in [-0.15, -0.1) is 0 Å². The molecule has 0 spiro atoms. The maximum Gasteiger partial charge on any atom is 0.241 e. The second kappa shape index (κ2) is 6.88. The molecule has 19 heavy (non-hydrogen) atoms. The number of pyridine rings is 1. The van der Waals surface area contributed by atoms with Crippen LogP contribution in [0.25, 0.3) is 0 Å². The Labute approximate surface area is 117 Å². The van der Waals surface area contributed by atoms with Crippen LogP contribution in [-0.4, -0.2) is 43.6 Å². The average Bonchev–Trinajstić information content (AvgIpc) is 2.35. The molecule has 1 atom stereocenters. The van der Waals surface area contributed by atoms with Crippen LogP contribution in [0, 0.1) is 0 Å². The number of thioether (sulfide) groups is 1. The number of amides is 1. The van der Waals surface area contributed by atoms with Gasteiger partial charge in [-0.1, -0.05) is 0 Å². The first-order valence-corrected chi connectivity index (χ1v) is 8.84. The third-order valence-electron chi connectivity index (χ3n) is 2.35. The normalized spacial score (nSPS) is 13.0. The highest BCUT2D eigenvalue weighted by molar-refractivity contribution is 7.98. The third kappa shape index (κ3) is 5.17. The summed E-state index contributed by atoms with van der Waals surface area (Å²) in [6.45, 7) is 0. The highest BCUT2D eigenvalue weighted by Gasteiger charge is 2.14. The lowest BCUT2D eigenvalue weighted by Crippen LogP contribution is -2.36. The standard InChI is InChI=1S/C11H17N3O3S2/c1-18-6-5-9(12)11(15)14-8-3-4-10(13-7-8)19(2,16)17/h3-4,7,9H,5-6,12H2,1-2H3,(H,14,15)/t9-/m0/s1. The number of nitrogens with two attached hydrogens (primary N) is 1. The summed E-state index contributed by atoms with van der Waals surface area (Å²) < 4.78 is 22.4. The molecular formula is C11H17N3O3S2. The van der Waals surface area contributed by atoms with Crippen LogP contribution in [0.2, 0.25) is 0 Å². The maximum atomic E-state index is 11.7. The van der Waals surface area contributed by atoms with Crippen LogP contribution in [0.15, 0.2) is 23.4 Å². The van der Waals surface area contributed by atoms with E-state index in [0.29, 0.717) is 12.1 Å². The molecule has 0 aromatic carbocycles. The van der Waals surface area contributed by atoms with E-state index in [4.69, 9.17) is 5.73 Å². The van der Waals surface area contributed by atoms with Crippen LogP contribution in [0.5, 0.6) is 0 Å². The van der Waals surface area contributed by atoms with Gasteiger partial charge in [-0.2, -0.15) is 11.8 Å². The molecular weight excluding hydrogens is 286 g/mol. The van der Waals surface area contributed by atoms with Gasteiger partial charge in [0.05, 0.1) is 17.9 Å². The summed E-state index contributed by atoms with van der Waals surface area (Å²) in [7, 11) is -3.33. The number of carbonyl (C=O) groups excluding carboxylic acids is 1. The van der Waals surface area contributed by atoms with Gasteiger partial charge in [0.15, 0.2) is 14.9 Å². The number of sulfone groups is 1. The van der Waals surface area contributed by atoms with Crippen LogP contribution in [0.3, 0.4) is 0 Å². The monoisotopic (exact) mass is 303 g/mol.